The Labute approximate surface area is 172 Å². The summed E-state index contributed by atoms with van der Waals surface area (Å²) in [5, 5.41) is 15.7. The Kier molecular flexibility index (Phi) is 6.10. The van der Waals surface area contributed by atoms with Gasteiger partial charge in [-0.25, -0.2) is 0 Å². The number of pyridine rings is 1. The molecule has 0 bridgehead atoms. The zero-order chi connectivity index (χ0) is 19.6. The molecule has 0 fully saturated rings. The Morgan fingerprint density at radius 2 is 1.93 bits per heavy atom. The molecule has 0 saturated heterocycles. The molecule has 27 heavy (non-hydrogen) atoms. The van der Waals surface area contributed by atoms with E-state index in [1.54, 1.807) is 42.6 Å². The second-order valence-electron chi connectivity index (χ2n) is 6.11. The number of carbonyl (C=O) groups excluding carboxylic acids is 1. The highest BCUT2D eigenvalue weighted by molar-refractivity contribution is 6.36. The lowest BCUT2D eigenvalue weighted by Crippen LogP contribution is -2.29. The number of phenols is 1. The molecule has 3 rings (SSSR count). The Bertz CT molecular complexity index is 1010. The van der Waals surface area contributed by atoms with E-state index in [1.807, 2.05) is 6.92 Å². The molecule has 0 unspecified atom stereocenters. The third-order valence-electron chi connectivity index (χ3n) is 4.21. The van der Waals surface area contributed by atoms with Crippen LogP contribution >= 0.6 is 34.8 Å². The first-order valence-electron chi connectivity index (χ1n) is 8.42. The second kappa shape index (κ2) is 8.34. The molecule has 0 aliphatic heterocycles. The number of hydrogen-bond donors (Lipinski definition) is 2. The molecule has 0 spiro atoms. The van der Waals surface area contributed by atoms with Gasteiger partial charge in [0, 0.05) is 33.6 Å². The van der Waals surface area contributed by atoms with E-state index in [0.717, 1.165) is 0 Å². The quantitative estimate of drug-likeness (QED) is 0.536. The van der Waals surface area contributed by atoms with E-state index in [1.165, 1.54) is 0 Å². The van der Waals surface area contributed by atoms with Crippen LogP contribution in [-0.2, 0) is 4.79 Å². The van der Waals surface area contributed by atoms with E-state index in [-0.39, 0.29) is 11.7 Å². The molecule has 2 N–H and O–H groups in total. The maximum absolute atomic E-state index is 12.3. The van der Waals surface area contributed by atoms with Crippen molar-refractivity contribution in [3.05, 3.63) is 68.8 Å². The van der Waals surface area contributed by atoms with Gasteiger partial charge >= 0.3 is 0 Å². The van der Waals surface area contributed by atoms with Crippen molar-refractivity contribution >= 4 is 51.6 Å². The van der Waals surface area contributed by atoms with E-state index in [4.69, 9.17) is 34.8 Å². The summed E-state index contributed by atoms with van der Waals surface area (Å²) >= 11 is 18.8. The van der Waals surface area contributed by atoms with Crippen molar-refractivity contribution in [3.8, 4) is 5.75 Å². The average Bonchev–Trinajstić information content (AvgIpc) is 2.64. The van der Waals surface area contributed by atoms with Crippen molar-refractivity contribution in [3.63, 3.8) is 0 Å². The van der Waals surface area contributed by atoms with Crippen molar-refractivity contribution in [2.75, 3.05) is 0 Å². The average molecular weight is 424 g/mol. The minimum Gasteiger partial charge on any atom is -0.505 e. The number of phenolic OH excluding ortho intramolecular Hbond substituents is 1. The minimum absolute atomic E-state index is 0.0529. The van der Waals surface area contributed by atoms with Gasteiger partial charge in [0.2, 0.25) is 5.91 Å². The zero-order valence-corrected chi connectivity index (χ0v) is 16.7. The van der Waals surface area contributed by atoms with E-state index < -0.39 is 6.04 Å². The number of rotatable bonds is 5. The summed E-state index contributed by atoms with van der Waals surface area (Å²) in [7, 11) is 0. The molecule has 1 aromatic heterocycles. The van der Waals surface area contributed by atoms with Crippen LogP contribution in [0, 0.1) is 0 Å². The van der Waals surface area contributed by atoms with Crippen LogP contribution in [0.5, 0.6) is 5.75 Å². The highest BCUT2D eigenvalue weighted by atomic mass is 35.5. The fourth-order valence-corrected chi connectivity index (χ4v) is 3.73. The SMILES string of the molecule is CCCC(=O)N[C@H](c1ccc(Cl)cc1Cl)c1cc(Cl)c2cccnc2c1O. The van der Waals surface area contributed by atoms with Gasteiger partial charge in [-0.2, -0.15) is 0 Å². The predicted molar refractivity (Wildman–Crippen MR) is 110 cm³/mol. The molecular formula is C20H17Cl3N2O2. The molecule has 0 saturated carbocycles. The topological polar surface area (TPSA) is 62.2 Å². The number of aromatic nitrogens is 1. The monoisotopic (exact) mass is 422 g/mol. The van der Waals surface area contributed by atoms with Crippen LogP contribution in [0.4, 0.5) is 0 Å². The summed E-state index contributed by atoms with van der Waals surface area (Å²) in [5.74, 6) is -0.215. The molecule has 3 aromatic rings. The van der Waals surface area contributed by atoms with Crippen LogP contribution < -0.4 is 5.32 Å². The fraction of sp³-hybridized carbons (Fsp3) is 0.200. The van der Waals surface area contributed by atoms with Crippen molar-refractivity contribution in [1.29, 1.82) is 0 Å². The summed E-state index contributed by atoms with van der Waals surface area (Å²) in [6.07, 6.45) is 2.61. The summed E-state index contributed by atoms with van der Waals surface area (Å²) in [5.41, 5.74) is 1.38. The first-order chi connectivity index (χ1) is 12.9. The van der Waals surface area contributed by atoms with E-state index in [9.17, 15) is 9.90 Å². The summed E-state index contributed by atoms with van der Waals surface area (Å²) in [4.78, 5) is 16.6. The number of amides is 1. The molecule has 2 aromatic carbocycles. The van der Waals surface area contributed by atoms with Gasteiger partial charge in [0.1, 0.15) is 11.3 Å². The van der Waals surface area contributed by atoms with Gasteiger partial charge in [-0.1, -0.05) is 47.8 Å². The van der Waals surface area contributed by atoms with Crippen LogP contribution in [0.15, 0.2) is 42.6 Å². The highest BCUT2D eigenvalue weighted by Gasteiger charge is 2.25. The predicted octanol–water partition coefficient (Wildman–Crippen LogP) is 5.91. The molecule has 4 nitrogen and oxygen atoms in total. The van der Waals surface area contributed by atoms with Crippen molar-refractivity contribution < 1.29 is 9.90 Å². The number of carbonyl (C=O) groups is 1. The number of nitrogens with one attached hydrogen (secondary N) is 1. The first kappa shape index (κ1) is 19.7. The third kappa shape index (κ3) is 4.13. The molecule has 1 heterocycles. The number of fused-ring (bicyclic) bond motifs is 1. The lowest BCUT2D eigenvalue weighted by molar-refractivity contribution is -0.121. The molecule has 7 heteroatoms. The Morgan fingerprint density at radius 1 is 1.15 bits per heavy atom. The highest BCUT2D eigenvalue weighted by Crippen LogP contribution is 2.40. The van der Waals surface area contributed by atoms with Crippen LogP contribution in [0.3, 0.4) is 0 Å². The van der Waals surface area contributed by atoms with Crippen LogP contribution in [0.2, 0.25) is 15.1 Å². The number of aromatic hydroxyl groups is 1. The van der Waals surface area contributed by atoms with Crippen molar-refractivity contribution in [2.45, 2.75) is 25.8 Å². The molecule has 0 aliphatic carbocycles. The molecular weight excluding hydrogens is 407 g/mol. The maximum atomic E-state index is 12.3. The van der Waals surface area contributed by atoms with E-state index >= 15 is 0 Å². The standard InChI is InChI=1S/C20H17Cl3N2O2/c1-2-4-17(26)25-18(13-7-6-11(21)9-15(13)22)14-10-16(23)12-5-3-8-24-19(12)20(14)27/h3,5-10,18,27H,2,4H2,1H3,(H,25,26)/t18-/m1/s1. The van der Waals surface area contributed by atoms with Gasteiger partial charge in [-0.3, -0.25) is 9.78 Å². The fourth-order valence-electron chi connectivity index (χ4n) is 2.95. The van der Waals surface area contributed by atoms with Crippen LogP contribution in [-0.4, -0.2) is 16.0 Å². The second-order valence-corrected chi connectivity index (χ2v) is 7.36. The molecule has 0 aliphatic rings. The summed E-state index contributed by atoms with van der Waals surface area (Å²) in [6, 6.07) is 9.44. The summed E-state index contributed by atoms with van der Waals surface area (Å²) in [6.45, 7) is 1.91. The normalized spacial score (nSPS) is 12.1. The maximum Gasteiger partial charge on any atom is 0.220 e. The Morgan fingerprint density at radius 3 is 2.63 bits per heavy atom. The number of hydrogen-bond acceptors (Lipinski definition) is 3. The largest absolute Gasteiger partial charge is 0.505 e. The van der Waals surface area contributed by atoms with Gasteiger partial charge in [0.05, 0.1) is 11.1 Å². The van der Waals surface area contributed by atoms with Gasteiger partial charge < -0.3 is 10.4 Å². The van der Waals surface area contributed by atoms with E-state index in [0.29, 0.717) is 49.9 Å². The lowest BCUT2D eigenvalue weighted by atomic mass is 9.95. The molecule has 1 atom stereocenters. The number of nitrogens with zero attached hydrogens (tertiary/aromatic N) is 1. The van der Waals surface area contributed by atoms with Gasteiger partial charge in [0.15, 0.2) is 0 Å². The van der Waals surface area contributed by atoms with Gasteiger partial charge in [0.25, 0.3) is 0 Å². The molecule has 1 amide bonds. The summed E-state index contributed by atoms with van der Waals surface area (Å²) < 4.78 is 0. The molecule has 0 radical (unpaired) electrons. The number of halogens is 3. The van der Waals surface area contributed by atoms with E-state index in [2.05, 4.69) is 10.3 Å². The molecule has 140 valence electrons. The van der Waals surface area contributed by atoms with Gasteiger partial charge in [-0.05, 0) is 42.3 Å². The van der Waals surface area contributed by atoms with Crippen molar-refractivity contribution in [1.82, 2.24) is 10.3 Å². The zero-order valence-electron chi connectivity index (χ0n) is 14.5. The minimum atomic E-state index is -0.697. The van der Waals surface area contributed by atoms with Crippen LogP contribution in [0.1, 0.15) is 36.9 Å². The Balaban J connectivity index is 2.20. The smallest absolute Gasteiger partial charge is 0.220 e. The van der Waals surface area contributed by atoms with Gasteiger partial charge in [-0.15, -0.1) is 0 Å². The van der Waals surface area contributed by atoms with Crippen LogP contribution in [0.25, 0.3) is 10.9 Å². The lowest BCUT2D eigenvalue weighted by Gasteiger charge is -2.23. The number of benzene rings is 2. The first-order valence-corrected chi connectivity index (χ1v) is 9.56. The third-order valence-corrected chi connectivity index (χ3v) is 5.09. The van der Waals surface area contributed by atoms with Crippen molar-refractivity contribution in [2.24, 2.45) is 0 Å². The Hall–Kier alpha value is -2.01.